The number of allylic oxidation sites excluding steroid dienone is 1. The van der Waals surface area contributed by atoms with Gasteiger partial charge in [-0.2, -0.15) is 8.60 Å². The highest BCUT2D eigenvalue weighted by molar-refractivity contribution is 7.36. The molecule has 10 heavy (non-hydrogen) atoms. The molecular weight excluding hydrogens is 151 g/mol. The molecule has 0 saturated carbocycles. The topological polar surface area (TPSA) is 55.3 Å². The fourth-order valence-corrected chi connectivity index (χ4v) is 0.204. The van der Waals surface area contributed by atoms with Gasteiger partial charge in [0.1, 0.15) is 0 Å². The minimum absolute atomic E-state index is 1.10. The predicted octanol–water partition coefficient (Wildman–Crippen LogP) is 0.553. The smallest absolute Gasteiger partial charge is 0.0365 e. The van der Waals surface area contributed by atoms with Crippen LogP contribution in [0.25, 0.3) is 0 Å². The van der Waals surface area contributed by atoms with E-state index in [1.54, 1.807) is 0 Å². The molecule has 0 fully saturated rings. The van der Waals surface area contributed by atoms with E-state index in [1.165, 1.54) is 6.42 Å². The van der Waals surface area contributed by atoms with Gasteiger partial charge in [-0.05, 0) is 6.42 Å². The Kier molecular flexibility index (Phi) is 15.0. The molecule has 0 saturated heterocycles. The van der Waals surface area contributed by atoms with Crippen LogP contribution in [0, 0.1) is 0 Å². The van der Waals surface area contributed by atoms with Gasteiger partial charge in [-0.1, -0.05) is 19.4 Å². The minimum Gasteiger partial charge on any atom is -0.820 e. The molecule has 0 aliphatic heterocycles. The van der Waals surface area contributed by atoms with Crippen molar-refractivity contribution in [3.63, 3.8) is 0 Å². The second-order valence-electron chi connectivity index (χ2n) is 1.48. The first-order chi connectivity index (χ1) is 4.68. The lowest BCUT2D eigenvalue weighted by molar-refractivity contribution is -0.316. The normalized spacial score (nSPS) is 8.50. The fourth-order valence-electron chi connectivity index (χ4n) is 0.204. The third-order valence-corrected chi connectivity index (χ3v) is 0.940. The summed E-state index contributed by atoms with van der Waals surface area (Å²) < 4.78 is 3.70. The van der Waals surface area contributed by atoms with E-state index in [2.05, 4.69) is 18.0 Å². The summed E-state index contributed by atoms with van der Waals surface area (Å²) in [4.78, 5) is 18.4. The standard InChI is InChI=1S/C5H10.CH3O3P/c1-3-5-4-2;1-4-5(2)3/h3H,1,4-5H2,2H3;1H3/q;-2. The van der Waals surface area contributed by atoms with Gasteiger partial charge in [0.05, 0.1) is 0 Å². The highest BCUT2D eigenvalue weighted by Gasteiger charge is 1.61. The van der Waals surface area contributed by atoms with E-state index in [0.717, 1.165) is 13.5 Å². The number of hydrogen-bond acceptors (Lipinski definition) is 3. The van der Waals surface area contributed by atoms with Crippen molar-refractivity contribution in [2.24, 2.45) is 0 Å². The molecule has 0 heterocycles. The largest absolute Gasteiger partial charge is 0.820 e. The molecule has 0 unspecified atom stereocenters. The Morgan fingerprint density at radius 3 is 2.00 bits per heavy atom. The zero-order valence-electron chi connectivity index (χ0n) is 6.37. The Morgan fingerprint density at radius 2 is 2.00 bits per heavy atom. The van der Waals surface area contributed by atoms with Crippen LogP contribution in [0.4, 0.5) is 0 Å². The van der Waals surface area contributed by atoms with Crippen molar-refractivity contribution >= 4 is 8.60 Å². The molecule has 0 aromatic heterocycles. The first-order valence-electron chi connectivity index (χ1n) is 2.98. The Balaban J connectivity index is 0. The van der Waals surface area contributed by atoms with Gasteiger partial charge in [0, 0.05) is 7.11 Å². The van der Waals surface area contributed by atoms with Gasteiger partial charge in [-0.15, -0.1) is 6.58 Å². The maximum atomic E-state index is 9.18. The fraction of sp³-hybridized carbons (Fsp3) is 0.667. The first kappa shape index (κ1) is 12.7. The molecule has 62 valence electrons. The van der Waals surface area contributed by atoms with Gasteiger partial charge >= 0.3 is 0 Å². The van der Waals surface area contributed by atoms with Crippen molar-refractivity contribution in [1.29, 1.82) is 0 Å². The van der Waals surface area contributed by atoms with Gasteiger partial charge in [0.2, 0.25) is 0 Å². The Labute approximate surface area is 63.3 Å². The predicted molar refractivity (Wildman–Crippen MR) is 39.0 cm³/mol. The highest BCUT2D eigenvalue weighted by atomic mass is 31.2. The quantitative estimate of drug-likeness (QED) is 0.452. The van der Waals surface area contributed by atoms with Crippen LogP contribution < -0.4 is 9.79 Å². The molecule has 0 atom stereocenters. The molecule has 0 aliphatic rings. The second kappa shape index (κ2) is 11.8. The highest BCUT2D eigenvalue weighted by Crippen LogP contribution is 2.07. The summed E-state index contributed by atoms with van der Waals surface area (Å²) in [6.45, 7) is 5.69. The zero-order chi connectivity index (χ0) is 8.41. The van der Waals surface area contributed by atoms with E-state index in [9.17, 15) is 9.79 Å². The summed E-state index contributed by atoms with van der Waals surface area (Å²) >= 11 is 0. The molecule has 3 nitrogen and oxygen atoms in total. The van der Waals surface area contributed by atoms with Crippen LogP contribution in [0.15, 0.2) is 12.7 Å². The van der Waals surface area contributed by atoms with Crippen molar-refractivity contribution < 1.29 is 14.3 Å². The molecule has 0 aromatic carbocycles. The molecule has 4 heteroatoms. The number of unbranched alkanes of at least 4 members (excludes halogenated alkanes) is 1. The van der Waals surface area contributed by atoms with Crippen molar-refractivity contribution in [3.05, 3.63) is 12.7 Å². The van der Waals surface area contributed by atoms with E-state index in [1.807, 2.05) is 6.08 Å². The van der Waals surface area contributed by atoms with Crippen LogP contribution >= 0.6 is 8.60 Å². The van der Waals surface area contributed by atoms with Crippen LogP contribution in [0.2, 0.25) is 0 Å². The van der Waals surface area contributed by atoms with Crippen LogP contribution in [0.1, 0.15) is 19.8 Å². The van der Waals surface area contributed by atoms with Crippen LogP contribution in [-0.2, 0) is 4.52 Å². The first-order valence-corrected chi connectivity index (χ1v) is 4.08. The van der Waals surface area contributed by atoms with Gasteiger partial charge in [0.15, 0.2) is 0 Å². The van der Waals surface area contributed by atoms with E-state index in [0.29, 0.717) is 0 Å². The third kappa shape index (κ3) is 24.4. The molecule has 0 radical (unpaired) electrons. The van der Waals surface area contributed by atoms with Crippen LogP contribution in [0.3, 0.4) is 0 Å². The summed E-state index contributed by atoms with van der Waals surface area (Å²) in [6.07, 6.45) is 4.31. The van der Waals surface area contributed by atoms with E-state index >= 15 is 0 Å². The van der Waals surface area contributed by atoms with Crippen molar-refractivity contribution in [1.82, 2.24) is 0 Å². The molecule has 0 bridgehead atoms. The van der Waals surface area contributed by atoms with Crippen molar-refractivity contribution in [2.45, 2.75) is 19.8 Å². The monoisotopic (exact) mass is 164 g/mol. The molecule has 0 aliphatic carbocycles. The second-order valence-corrected chi connectivity index (χ2v) is 2.30. The van der Waals surface area contributed by atoms with E-state index < -0.39 is 8.60 Å². The lowest BCUT2D eigenvalue weighted by atomic mass is 10.3. The zero-order valence-corrected chi connectivity index (χ0v) is 7.27. The van der Waals surface area contributed by atoms with Gasteiger partial charge in [-0.3, -0.25) is 0 Å². The summed E-state index contributed by atoms with van der Waals surface area (Å²) in [5.41, 5.74) is 0. The summed E-state index contributed by atoms with van der Waals surface area (Å²) in [5, 5.41) is 0. The number of hydrogen-bond donors (Lipinski definition) is 0. The summed E-state index contributed by atoms with van der Waals surface area (Å²) in [7, 11) is -1.50. The lowest BCUT2D eigenvalue weighted by Gasteiger charge is -2.25. The van der Waals surface area contributed by atoms with E-state index in [-0.39, 0.29) is 0 Å². The number of rotatable bonds is 3. The van der Waals surface area contributed by atoms with E-state index in [4.69, 9.17) is 0 Å². The maximum Gasteiger partial charge on any atom is 0.0365 e. The molecule has 0 N–H and O–H groups in total. The van der Waals surface area contributed by atoms with Crippen LogP contribution in [-0.4, -0.2) is 7.11 Å². The SMILES string of the molecule is C=CCCC.COP([O-])[O-]. The molecule has 0 amide bonds. The minimum atomic E-state index is -2.60. The van der Waals surface area contributed by atoms with Gasteiger partial charge in [-0.25, -0.2) is 0 Å². The maximum absolute atomic E-state index is 9.18. The Hall–Kier alpha value is 0.0500. The third-order valence-electron chi connectivity index (χ3n) is 0.642. The summed E-state index contributed by atoms with van der Waals surface area (Å²) in [5.74, 6) is 0. The average molecular weight is 164 g/mol. The van der Waals surface area contributed by atoms with Crippen molar-refractivity contribution in [3.8, 4) is 0 Å². The molecule has 0 aromatic rings. The Morgan fingerprint density at radius 1 is 1.60 bits per heavy atom. The molecule has 0 rings (SSSR count). The van der Waals surface area contributed by atoms with Crippen molar-refractivity contribution in [2.75, 3.05) is 7.11 Å². The summed E-state index contributed by atoms with van der Waals surface area (Å²) in [6, 6.07) is 0. The average Bonchev–Trinajstić information content (AvgIpc) is 1.91. The lowest BCUT2D eigenvalue weighted by Crippen LogP contribution is -2.07. The Bertz CT molecular complexity index is 66.0. The molecular formula is C6H13O3P-2. The van der Waals surface area contributed by atoms with Gasteiger partial charge < -0.3 is 14.3 Å². The van der Waals surface area contributed by atoms with Crippen LogP contribution in [0.5, 0.6) is 0 Å². The van der Waals surface area contributed by atoms with Gasteiger partial charge in [0.25, 0.3) is 0 Å². The molecule has 0 spiro atoms.